The van der Waals surface area contributed by atoms with Crippen LogP contribution in [0.25, 0.3) is 0 Å². The van der Waals surface area contributed by atoms with Gasteiger partial charge in [0.25, 0.3) is 0 Å². The maximum atomic E-state index is 11.5. The first kappa shape index (κ1) is 16.7. The first-order valence-corrected chi connectivity index (χ1v) is 7.74. The van der Waals surface area contributed by atoms with Crippen molar-refractivity contribution in [2.45, 2.75) is 39.7 Å². The van der Waals surface area contributed by atoms with Gasteiger partial charge in [-0.3, -0.25) is 4.79 Å². The minimum atomic E-state index is -0.0572. The zero-order valence-corrected chi connectivity index (χ0v) is 13.7. The van der Waals surface area contributed by atoms with Gasteiger partial charge in [0.1, 0.15) is 5.75 Å². The number of para-hydroxylation sites is 2. The van der Waals surface area contributed by atoms with Gasteiger partial charge >= 0.3 is 0 Å². The molecule has 1 amide bonds. The van der Waals surface area contributed by atoms with Crippen molar-refractivity contribution < 1.29 is 9.53 Å². The van der Waals surface area contributed by atoms with Crippen LogP contribution in [-0.2, 0) is 4.79 Å². The summed E-state index contributed by atoms with van der Waals surface area (Å²) < 4.78 is 5.75. The second-order valence-electron chi connectivity index (χ2n) is 5.39. The highest BCUT2D eigenvalue weighted by molar-refractivity contribution is 5.89. The van der Waals surface area contributed by atoms with E-state index in [1.165, 1.54) is 0 Å². The minimum absolute atomic E-state index is 0.0572. The van der Waals surface area contributed by atoms with Gasteiger partial charge in [0.15, 0.2) is 11.6 Å². The number of hydrogen-bond acceptors (Lipinski definition) is 5. The molecule has 0 aliphatic rings. The molecular weight excluding hydrogens is 292 g/mol. The van der Waals surface area contributed by atoms with Gasteiger partial charge in [0, 0.05) is 6.42 Å². The molecule has 23 heavy (non-hydrogen) atoms. The second kappa shape index (κ2) is 8.12. The fourth-order valence-electron chi connectivity index (χ4n) is 1.96. The smallest absolute Gasteiger partial charge is 0.225 e. The van der Waals surface area contributed by atoms with Gasteiger partial charge < -0.3 is 15.4 Å². The number of ether oxygens (including phenoxy) is 1. The highest BCUT2D eigenvalue weighted by Gasteiger charge is 2.07. The molecular formula is C17H22N4O2. The summed E-state index contributed by atoms with van der Waals surface area (Å²) in [6.07, 6.45) is 1.35. The third-order valence-electron chi connectivity index (χ3n) is 2.92. The van der Waals surface area contributed by atoms with Gasteiger partial charge in [-0.1, -0.05) is 19.1 Å². The van der Waals surface area contributed by atoms with Gasteiger partial charge in [-0.05, 0) is 44.5 Å². The molecule has 0 spiro atoms. The van der Waals surface area contributed by atoms with Gasteiger partial charge in [0.05, 0.1) is 11.8 Å². The summed E-state index contributed by atoms with van der Waals surface area (Å²) in [6.45, 7) is 5.91. The van der Waals surface area contributed by atoms with Crippen LogP contribution < -0.4 is 15.4 Å². The number of anilines is 3. The summed E-state index contributed by atoms with van der Waals surface area (Å²) in [5, 5.41) is 14.0. The number of amides is 1. The van der Waals surface area contributed by atoms with E-state index >= 15 is 0 Å². The number of nitrogens with one attached hydrogen (secondary N) is 2. The van der Waals surface area contributed by atoms with Crippen LogP contribution in [0.15, 0.2) is 36.4 Å². The van der Waals surface area contributed by atoms with Crippen molar-refractivity contribution in [1.29, 1.82) is 0 Å². The van der Waals surface area contributed by atoms with Gasteiger partial charge in [0.2, 0.25) is 5.91 Å². The highest BCUT2D eigenvalue weighted by Crippen LogP contribution is 2.27. The number of rotatable bonds is 7. The van der Waals surface area contributed by atoms with Gasteiger partial charge in [-0.15, -0.1) is 10.2 Å². The standard InChI is InChI=1S/C17H22N4O2/c1-4-7-17(22)19-16-11-10-15(20-21-16)18-13-8-5-6-9-14(13)23-12(2)3/h5-6,8-12H,4,7H2,1-3H3,(H,18,20)(H,19,21,22). The van der Waals surface area contributed by atoms with Gasteiger partial charge in [-0.25, -0.2) is 0 Å². The molecule has 2 N–H and O–H groups in total. The third kappa shape index (κ3) is 5.25. The van der Waals surface area contributed by atoms with Crippen LogP contribution in [0.3, 0.4) is 0 Å². The quantitative estimate of drug-likeness (QED) is 0.814. The maximum Gasteiger partial charge on any atom is 0.225 e. The molecule has 1 aromatic carbocycles. The Morgan fingerprint density at radius 1 is 1.13 bits per heavy atom. The van der Waals surface area contributed by atoms with Crippen molar-refractivity contribution >= 4 is 23.2 Å². The van der Waals surface area contributed by atoms with Crippen molar-refractivity contribution in [1.82, 2.24) is 10.2 Å². The topological polar surface area (TPSA) is 76.1 Å². The van der Waals surface area contributed by atoms with Crippen molar-refractivity contribution in [2.24, 2.45) is 0 Å². The van der Waals surface area contributed by atoms with E-state index in [-0.39, 0.29) is 12.0 Å². The number of benzene rings is 1. The Balaban J connectivity index is 2.05. The number of carbonyl (C=O) groups is 1. The molecule has 2 rings (SSSR count). The van der Waals surface area contributed by atoms with E-state index in [0.29, 0.717) is 18.1 Å². The SMILES string of the molecule is CCCC(=O)Nc1ccc(Nc2ccccc2OC(C)C)nn1. The monoisotopic (exact) mass is 314 g/mol. The Morgan fingerprint density at radius 2 is 1.83 bits per heavy atom. The molecule has 0 unspecified atom stereocenters. The summed E-state index contributed by atoms with van der Waals surface area (Å²) in [5.41, 5.74) is 0.818. The molecule has 1 aromatic heterocycles. The molecule has 6 nitrogen and oxygen atoms in total. The Bertz CT molecular complexity index is 641. The first-order chi connectivity index (χ1) is 11.1. The zero-order valence-electron chi connectivity index (χ0n) is 13.7. The van der Waals surface area contributed by atoms with Crippen LogP contribution >= 0.6 is 0 Å². The number of hydrogen-bond donors (Lipinski definition) is 2. The number of aromatic nitrogens is 2. The van der Waals surface area contributed by atoms with Crippen LogP contribution in [0.4, 0.5) is 17.3 Å². The van der Waals surface area contributed by atoms with Crippen molar-refractivity contribution in [2.75, 3.05) is 10.6 Å². The molecule has 0 aliphatic heterocycles. The largest absolute Gasteiger partial charge is 0.489 e. The Hall–Kier alpha value is -2.63. The fourth-order valence-corrected chi connectivity index (χ4v) is 1.96. The van der Waals surface area contributed by atoms with Crippen molar-refractivity contribution in [3.63, 3.8) is 0 Å². The van der Waals surface area contributed by atoms with Gasteiger partial charge in [-0.2, -0.15) is 0 Å². The fraction of sp³-hybridized carbons (Fsp3) is 0.353. The lowest BCUT2D eigenvalue weighted by molar-refractivity contribution is -0.116. The summed E-state index contributed by atoms with van der Waals surface area (Å²) in [5.74, 6) is 1.72. The van der Waals surface area contributed by atoms with Crippen LogP contribution in [0.2, 0.25) is 0 Å². The molecule has 6 heteroatoms. The average molecular weight is 314 g/mol. The molecule has 0 bridgehead atoms. The van der Waals surface area contributed by atoms with E-state index in [2.05, 4.69) is 20.8 Å². The van der Waals surface area contributed by atoms with Crippen LogP contribution in [0.5, 0.6) is 5.75 Å². The highest BCUT2D eigenvalue weighted by atomic mass is 16.5. The maximum absolute atomic E-state index is 11.5. The molecule has 0 fully saturated rings. The lowest BCUT2D eigenvalue weighted by Gasteiger charge is -2.14. The minimum Gasteiger partial charge on any atom is -0.489 e. The zero-order chi connectivity index (χ0) is 16.7. The Morgan fingerprint density at radius 3 is 2.48 bits per heavy atom. The molecule has 0 aliphatic carbocycles. The van der Waals surface area contributed by atoms with E-state index in [9.17, 15) is 4.79 Å². The van der Waals surface area contributed by atoms with Crippen LogP contribution in [0, 0.1) is 0 Å². The van der Waals surface area contributed by atoms with E-state index < -0.39 is 0 Å². The van der Waals surface area contributed by atoms with E-state index in [1.807, 2.05) is 45.0 Å². The van der Waals surface area contributed by atoms with E-state index in [4.69, 9.17) is 4.74 Å². The lowest BCUT2D eigenvalue weighted by atomic mass is 10.3. The normalized spacial score (nSPS) is 10.4. The molecule has 2 aromatic rings. The first-order valence-electron chi connectivity index (χ1n) is 7.74. The molecule has 0 radical (unpaired) electrons. The molecule has 0 atom stereocenters. The Labute approximate surface area is 136 Å². The number of carbonyl (C=O) groups excluding carboxylic acids is 1. The third-order valence-corrected chi connectivity index (χ3v) is 2.92. The summed E-state index contributed by atoms with van der Waals surface area (Å²) in [7, 11) is 0. The number of nitrogens with zero attached hydrogens (tertiary/aromatic N) is 2. The summed E-state index contributed by atoms with van der Waals surface area (Å²) in [4.78, 5) is 11.5. The second-order valence-corrected chi connectivity index (χ2v) is 5.39. The predicted molar refractivity (Wildman–Crippen MR) is 91.1 cm³/mol. The van der Waals surface area contributed by atoms with Crippen LogP contribution in [0.1, 0.15) is 33.6 Å². The summed E-state index contributed by atoms with van der Waals surface area (Å²) >= 11 is 0. The molecule has 0 saturated carbocycles. The van der Waals surface area contributed by atoms with E-state index in [1.54, 1.807) is 12.1 Å². The van der Waals surface area contributed by atoms with Crippen molar-refractivity contribution in [3.05, 3.63) is 36.4 Å². The summed E-state index contributed by atoms with van der Waals surface area (Å²) in [6, 6.07) is 11.1. The molecule has 1 heterocycles. The average Bonchev–Trinajstić information content (AvgIpc) is 2.51. The van der Waals surface area contributed by atoms with Crippen molar-refractivity contribution in [3.8, 4) is 5.75 Å². The Kier molecular flexibility index (Phi) is 5.91. The predicted octanol–water partition coefficient (Wildman–Crippen LogP) is 3.75. The molecule has 0 saturated heterocycles. The molecule has 122 valence electrons. The lowest BCUT2D eigenvalue weighted by Crippen LogP contribution is -2.12. The van der Waals surface area contributed by atoms with E-state index in [0.717, 1.165) is 17.9 Å². The van der Waals surface area contributed by atoms with Crippen LogP contribution in [-0.4, -0.2) is 22.2 Å².